The first kappa shape index (κ1) is 17.6. The van der Waals surface area contributed by atoms with Crippen molar-refractivity contribution in [1.82, 2.24) is 19.6 Å². The van der Waals surface area contributed by atoms with Crippen molar-refractivity contribution in [3.63, 3.8) is 0 Å². The van der Waals surface area contributed by atoms with Crippen LogP contribution in [0.1, 0.15) is 25.8 Å². The summed E-state index contributed by atoms with van der Waals surface area (Å²) in [6, 6.07) is 0. The van der Waals surface area contributed by atoms with Gasteiger partial charge in [0, 0.05) is 6.42 Å². The van der Waals surface area contributed by atoms with E-state index in [1.165, 1.54) is 46.4 Å². The second-order valence-corrected chi connectivity index (χ2v) is 9.07. The van der Waals surface area contributed by atoms with E-state index in [4.69, 9.17) is 0 Å². The highest BCUT2D eigenvalue weighted by molar-refractivity contribution is 8.02. The van der Waals surface area contributed by atoms with E-state index in [-0.39, 0.29) is 11.2 Å². The Hall–Kier alpha value is -0.710. The molecular weight excluding hydrogens is 358 g/mol. The maximum atomic E-state index is 12.2. The van der Waals surface area contributed by atoms with Gasteiger partial charge in [0.1, 0.15) is 5.01 Å². The van der Waals surface area contributed by atoms with E-state index in [1.54, 1.807) is 0 Å². The van der Waals surface area contributed by atoms with Crippen LogP contribution in [-0.2, 0) is 11.2 Å². The van der Waals surface area contributed by atoms with Crippen LogP contribution in [0.3, 0.4) is 0 Å². The molecule has 0 unspecified atom stereocenters. The minimum atomic E-state index is -0.264. The van der Waals surface area contributed by atoms with Crippen LogP contribution in [0.2, 0.25) is 0 Å². The third-order valence-electron chi connectivity index (χ3n) is 2.50. The molecule has 0 radical (unpaired) electrons. The lowest BCUT2D eigenvalue weighted by molar-refractivity contribution is -0.115. The van der Waals surface area contributed by atoms with E-state index in [9.17, 15) is 4.79 Å². The van der Waals surface area contributed by atoms with E-state index in [0.717, 1.165) is 20.9 Å². The van der Waals surface area contributed by atoms with Crippen molar-refractivity contribution in [2.24, 2.45) is 5.92 Å². The fraction of sp³-hybridized carbons (Fsp3) is 0.583. The Morgan fingerprint density at radius 1 is 1.32 bits per heavy atom. The lowest BCUT2D eigenvalue weighted by atomic mass is 10.1. The molecule has 0 saturated heterocycles. The van der Waals surface area contributed by atoms with Crippen molar-refractivity contribution in [1.29, 1.82) is 0 Å². The third-order valence-corrected chi connectivity index (χ3v) is 5.91. The van der Waals surface area contributed by atoms with Crippen LogP contribution in [0.15, 0.2) is 9.50 Å². The number of aromatic nitrogens is 4. The number of hydrogen-bond acceptors (Lipinski definition) is 9. The molecular formula is C12H17N5OS4. The molecule has 0 bridgehead atoms. The van der Waals surface area contributed by atoms with E-state index in [1.807, 2.05) is 13.2 Å². The minimum absolute atomic E-state index is 0.0989. The second-order valence-electron chi connectivity index (χ2n) is 4.90. The van der Waals surface area contributed by atoms with Crippen molar-refractivity contribution >= 4 is 57.4 Å². The molecule has 2 aromatic rings. The van der Waals surface area contributed by atoms with Crippen molar-refractivity contribution in [3.8, 4) is 0 Å². The number of carbonyl (C=O) groups excluding carboxylic acids is 1. The molecule has 0 aromatic carbocycles. The fourth-order valence-corrected chi connectivity index (χ4v) is 4.79. The molecule has 22 heavy (non-hydrogen) atoms. The van der Waals surface area contributed by atoms with Gasteiger partial charge in [-0.1, -0.05) is 48.7 Å². The van der Waals surface area contributed by atoms with Crippen molar-refractivity contribution < 1.29 is 4.79 Å². The summed E-state index contributed by atoms with van der Waals surface area (Å²) in [5.74, 6) is 0.423. The van der Waals surface area contributed by atoms with E-state index in [0.29, 0.717) is 11.0 Å². The highest BCUT2D eigenvalue weighted by Crippen LogP contribution is 2.28. The third kappa shape index (κ3) is 5.18. The van der Waals surface area contributed by atoms with E-state index in [2.05, 4.69) is 38.7 Å². The van der Waals surface area contributed by atoms with Gasteiger partial charge in [0.2, 0.25) is 16.2 Å². The molecule has 0 aliphatic carbocycles. The molecule has 0 aliphatic rings. The van der Waals surface area contributed by atoms with Crippen LogP contribution < -0.4 is 5.32 Å². The van der Waals surface area contributed by atoms with Gasteiger partial charge in [-0.15, -0.1) is 10.2 Å². The summed E-state index contributed by atoms with van der Waals surface area (Å²) in [7, 11) is 0. The van der Waals surface area contributed by atoms with Gasteiger partial charge in [0.25, 0.3) is 0 Å². The quantitative estimate of drug-likeness (QED) is 0.743. The zero-order valence-electron chi connectivity index (χ0n) is 12.7. The highest BCUT2D eigenvalue weighted by atomic mass is 32.2. The highest BCUT2D eigenvalue weighted by Gasteiger charge is 2.19. The summed E-state index contributed by atoms with van der Waals surface area (Å²) in [5.41, 5.74) is 0. The first-order chi connectivity index (χ1) is 10.5. The molecule has 1 amide bonds. The molecule has 1 N–H and O–H groups in total. The van der Waals surface area contributed by atoms with Gasteiger partial charge >= 0.3 is 0 Å². The summed E-state index contributed by atoms with van der Waals surface area (Å²) in [6.07, 6.45) is 2.80. The van der Waals surface area contributed by atoms with Crippen molar-refractivity contribution in [2.75, 3.05) is 11.6 Å². The smallest absolute Gasteiger partial charge is 0.239 e. The summed E-state index contributed by atoms with van der Waals surface area (Å²) in [5, 5.41) is 12.9. The molecule has 2 heterocycles. The normalized spacial score (nSPS) is 12.6. The maximum Gasteiger partial charge on any atom is 0.239 e. The van der Waals surface area contributed by atoms with Gasteiger partial charge in [-0.05, 0) is 30.6 Å². The molecule has 120 valence electrons. The summed E-state index contributed by atoms with van der Waals surface area (Å²) >= 11 is 5.64. The molecule has 10 heteroatoms. The predicted octanol–water partition coefficient (Wildman–Crippen LogP) is 3.43. The Morgan fingerprint density at radius 2 is 2.09 bits per heavy atom. The molecule has 2 rings (SSSR count). The molecule has 0 fully saturated rings. The Kier molecular flexibility index (Phi) is 6.60. The van der Waals surface area contributed by atoms with Crippen LogP contribution in [-0.4, -0.2) is 37.0 Å². The Labute approximate surface area is 146 Å². The lowest BCUT2D eigenvalue weighted by Crippen LogP contribution is -2.22. The van der Waals surface area contributed by atoms with Crippen LogP contribution in [0.25, 0.3) is 0 Å². The Morgan fingerprint density at radius 3 is 2.73 bits per heavy atom. The molecule has 1 atom stereocenters. The lowest BCUT2D eigenvalue weighted by Gasteiger charge is -2.07. The average Bonchev–Trinajstić information content (AvgIpc) is 3.07. The number of nitrogens with one attached hydrogen (secondary N) is 1. The van der Waals surface area contributed by atoms with Gasteiger partial charge in [-0.3, -0.25) is 10.1 Å². The Bertz CT molecular complexity index is 627. The number of amides is 1. The Balaban J connectivity index is 1.89. The van der Waals surface area contributed by atoms with Crippen LogP contribution >= 0.6 is 46.4 Å². The van der Waals surface area contributed by atoms with Crippen molar-refractivity contribution in [2.45, 2.75) is 41.9 Å². The number of rotatable bonds is 7. The fourth-order valence-electron chi connectivity index (χ4n) is 1.48. The van der Waals surface area contributed by atoms with Gasteiger partial charge in [-0.2, -0.15) is 4.37 Å². The van der Waals surface area contributed by atoms with Gasteiger partial charge in [-0.25, -0.2) is 4.98 Å². The maximum absolute atomic E-state index is 12.2. The van der Waals surface area contributed by atoms with Crippen LogP contribution in [0.4, 0.5) is 5.13 Å². The van der Waals surface area contributed by atoms with Gasteiger partial charge in [0.15, 0.2) is 4.34 Å². The monoisotopic (exact) mass is 375 g/mol. The number of thioether (sulfide) groups is 2. The molecule has 0 saturated carbocycles. The summed E-state index contributed by atoms with van der Waals surface area (Å²) < 4.78 is 4.98. The first-order valence-electron chi connectivity index (χ1n) is 6.65. The first-order valence-corrected chi connectivity index (χ1v) is 10.3. The van der Waals surface area contributed by atoms with Crippen molar-refractivity contribution in [3.05, 3.63) is 5.01 Å². The van der Waals surface area contributed by atoms with Gasteiger partial charge < -0.3 is 0 Å². The standard InChI is InChI=1S/C12H17N5OS4/c1-6(2)5-8-15-16-10(21-8)13-9(18)7(3)20-12-14-11(19-4)17-22-12/h6-7H,5H2,1-4H3,(H,13,16,18)/t7-/m0/s1. The van der Waals surface area contributed by atoms with Gasteiger partial charge in [0.05, 0.1) is 5.25 Å². The SMILES string of the molecule is CSc1nsc(S[C@@H](C)C(=O)Nc2nnc(CC(C)C)s2)n1. The van der Waals surface area contributed by atoms with Crippen LogP contribution in [0.5, 0.6) is 0 Å². The largest absolute Gasteiger partial charge is 0.300 e. The minimum Gasteiger partial charge on any atom is -0.300 e. The molecule has 0 aliphatic heterocycles. The summed E-state index contributed by atoms with van der Waals surface area (Å²) in [6.45, 7) is 6.10. The molecule has 2 aromatic heterocycles. The topological polar surface area (TPSA) is 80.7 Å². The number of anilines is 1. The predicted molar refractivity (Wildman–Crippen MR) is 94.1 cm³/mol. The summed E-state index contributed by atoms with van der Waals surface area (Å²) in [4.78, 5) is 16.5. The number of nitrogens with zero attached hydrogens (tertiary/aromatic N) is 4. The van der Waals surface area contributed by atoms with E-state index >= 15 is 0 Å². The number of carbonyl (C=O) groups is 1. The van der Waals surface area contributed by atoms with Crippen LogP contribution in [0, 0.1) is 5.92 Å². The zero-order valence-corrected chi connectivity index (χ0v) is 16.0. The van der Waals surface area contributed by atoms with E-state index < -0.39 is 0 Å². The molecule has 0 spiro atoms. The second kappa shape index (κ2) is 8.23. The molecule has 6 nitrogen and oxygen atoms in total. The average molecular weight is 376 g/mol. The zero-order chi connectivity index (χ0) is 16.1. The number of hydrogen-bond donors (Lipinski definition) is 1.